The summed E-state index contributed by atoms with van der Waals surface area (Å²) in [5, 5.41) is 10.6. The molecule has 0 heterocycles. The highest BCUT2D eigenvalue weighted by Crippen LogP contribution is 2.45. The molecule has 0 rings (SSSR count). The molecule has 0 bridgehead atoms. The monoisotopic (exact) mass is 1370 g/mol. The molecule has 19 heteroatoms. The van der Waals surface area contributed by atoms with E-state index in [9.17, 15) is 43.2 Å². The van der Waals surface area contributed by atoms with Crippen molar-refractivity contribution in [3.05, 3.63) is 0 Å². The number of phosphoric acid groups is 2. The lowest BCUT2D eigenvalue weighted by atomic mass is 9.99. The molecule has 0 saturated heterocycles. The molecule has 0 aliphatic carbocycles. The zero-order valence-electron chi connectivity index (χ0n) is 60.4. The molecule has 3 unspecified atom stereocenters. The number of rotatable bonds is 74. The summed E-state index contributed by atoms with van der Waals surface area (Å²) in [6.45, 7) is 7.32. The second kappa shape index (κ2) is 67.3. The van der Waals surface area contributed by atoms with Crippen molar-refractivity contribution in [3.63, 3.8) is 0 Å². The Morgan fingerprint density at radius 3 is 0.763 bits per heavy atom. The molecule has 0 spiro atoms. The van der Waals surface area contributed by atoms with Crippen LogP contribution in [0, 0.1) is 5.92 Å². The summed E-state index contributed by atoms with van der Waals surface area (Å²) >= 11 is 0. The van der Waals surface area contributed by atoms with Gasteiger partial charge in [0.15, 0.2) is 12.2 Å². The van der Waals surface area contributed by atoms with Crippen LogP contribution in [0.15, 0.2) is 0 Å². The van der Waals surface area contributed by atoms with Gasteiger partial charge in [-0.15, -0.1) is 0 Å². The van der Waals surface area contributed by atoms with E-state index in [1.165, 1.54) is 212 Å². The normalized spacial score (nSPS) is 14.3. The molecule has 0 aromatic heterocycles. The van der Waals surface area contributed by atoms with Gasteiger partial charge in [0, 0.05) is 25.7 Å². The highest BCUT2D eigenvalue weighted by atomic mass is 31.2. The number of hydrogen-bond acceptors (Lipinski definition) is 15. The Labute approximate surface area is 568 Å². The predicted molar refractivity (Wildman–Crippen MR) is 377 cm³/mol. The maximum Gasteiger partial charge on any atom is 0.472 e. The van der Waals surface area contributed by atoms with E-state index in [4.69, 9.17) is 37.0 Å². The van der Waals surface area contributed by atoms with E-state index >= 15 is 0 Å². The maximum atomic E-state index is 13.1. The molecule has 0 fully saturated rings. The molecule has 552 valence electrons. The molecule has 0 radical (unpaired) electrons. The van der Waals surface area contributed by atoms with Crippen molar-refractivity contribution in [1.82, 2.24) is 0 Å². The number of ether oxygens (including phenoxy) is 4. The van der Waals surface area contributed by atoms with E-state index in [0.717, 1.165) is 95.8 Å². The summed E-state index contributed by atoms with van der Waals surface area (Å²) in [7, 11) is -9.90. The first kappa shape index (κ1) is 91.1. The second-order valence-corrected chi connectivity index (χ2v) is 29.8. The zero-order chi connectivity index (χ0) is 68.4. The Kier molecular flexibility index (Phi) is 65.9. The number of esters is 4. The summed E-state index contributed by atoms with van der Waals surface area (Å²) in [5.41, 5.74) is 0. The molecule has 0 aliphatic rings. The topological polar surface area (TPSA) is 237 Å². The highest BCUT2D eigenvalue weighted by molar-refractivity contribution is 7.47. The fourth-order valence-corrected chi connectivity index (χ4v) is 12.9. The lowest BCUT2D eigenvalue weighted by molar-refractivity contribution is -0.161. The fourth-order valence-electron chi connectivity index (χ4n) is 11.3. The predicted octanol–water partition coefficient (Wildman–Crippen LogP) is 21.7. The van der Waals surface area contributed by atoms with Gasteiger partial charge < -0.3 is 33.8 Å². The minimum atomic E-state index is -4.95. The Hall–Kier alpha value is -1.94. The number of carbonyl (C=O) groups is 4. The van der Waals surface area contributed by atoms with E-state index < -0.39 is 97.5 Å². The van der Waals surface area contributed by atoms with Crippen molar-refractivity contribution >= 4 is 39.5 Å². The van der Waals surface area contributed by atoms with Crippen LogP contribution in [-0.4, -0.2) is 96.7 Å². The van der Waals surface area contributed by atoms with Gasteiger partial charge in [-0.3, -0.25) is 37.3 Å². The van der Waals surface area contributed by atoms with Crippen LogP contribution in [-0.2, 0) is 65.4 Å². The van der Waals surface area contributed by atoms with Gasteiger partial charge in [-0.2, -0.15) is 0 Å². The van der Waals surface area contributed by atoms with Crippen LogP contribution < -0.4 is 0 Å². The number of carbonyl (C=O) groups excluding carboxylic acids is 4. The number of aliphatic hydroxyl groups is 1. The third-order valence-corrected chi connectivity index (χ3v) is 19.5. The average molecular weight is 1370 g/mol. The zero-order valence-corrected chi connectivity index (χ0v) is 62.2. The minimum absolute atomic E-state index is 0.108. The van der Waals surface area contributed by atoms with Crippen LogP contribution in [0.3, 0.4) is 0 Å². The lowest BCUT2D eigenvalue weighted by Gasteiger charge is -2.21. The SMILES string of the molecule is CCCCCCCCCCCCCCCCC(=O)OC[C@H](COP(=O)(O)OC[C@@H](O)COP(=O)(O)OC[C@@H](COC(=O)CCCCCCCCCCC)OC(=O)CCCCCCCCCCCCCC)OC(=O)CCCCCCCCCCCCCCCCC(C)CC. The molecule has 6 atom stereocenters. The lowest BCUT2D eigenvalue weighted by Crippen LogP contribution is -2.30. The van der Waals surface area contributed by atoms with Crippen LogP contribution in [0.5, 0.6) is 0 Å². The molecule has 3 N–H and O–H groups in total. The van der Waals surface area contributed by atoms with Crippen LogP contribution in [0.2, 0.25) is 0 Å². The summed E-state index contributed by atoms with van der Waals surface area (Å²) in [4.78, 5) is 72.7. The van der Waals surface area contributed by atoms with Gasteiger partial charge >= 0.3 is 39.5 Å². The third-order valence-electron chi connectivity index (χ3n) is 17.6. The number of hydrogen-bond donors (Lipinski definition) is 3. The van der Waals surface area contributed by atoms with Crippen LogP contribution in [0.1, 0.15) is 388 Å². The average Bonchev–Trinajstić information content (AvgIpc) is 2.06. The van der Waals surface area contributed by atoms with Gasteiger partial charge in [0.1, 0.15) is 19.3 Å². The second-order valence-electron chi connectivity index (χ2n) is 26.9. The van der Waals surface area contributed by atoms with Crippen molar-refractivity contribution in [1.29, 1.82) is 0 Å². The number of unbranched alkanes of at least 4 members (excludes halogenated alkanes) is 45. The van der Waals surface area contributed by atoms with Gasteiger partial charge in [-0.1, -0.05) is 336 Å². The van der Waals surface area contributed by atoms with Gasteiger partial charge in [0.05, 0.1) is 26.4 Å². The Morgan fingerprint density at radius 2 is 0.516 bits per heavy atom. The van der Waals surface area contributed by atoms with Crippen LogP contribution in [0.25, 0.3) is 0 Å². The molecule has 17 nitrogen and oxygen atoms in total. The van der Waals surface area contributed by atoms with E-state index in [0.29, 0.717) is 25.7 Å². The largest absolute Gasteiger partial charge is 0.472 e. The summed E-state index contributed by atoms with van der Waals surface area (Å²) < 4.78 is 68.4. The molecule has 0 saturated carbocycles. The first-order valence-corrected chi connectivity index (χ1v) is 41.7. The highest BCUT2D eigenvalue weighted by Gasteiger charge is 2.30. The maximum absolute atomic E-state index is 13.1. The first-order chi connectivity index (χ1) is 45.1. The van der Waals surface area contributed by atoms with Crippen molar-refractivity contribution < 1.29 is 80.2 Å². The van der Waals surface area contributed by atoms with E-state index in [1.54, 1.807) is 0 Å². The molecular weight excluding hydrogens is 1220 g/mol. The van der Waals surface area contributed by atoms with Gasteiger partial charge in [0.2, 0.25) is 0 Å². The Balaban J connectivity index is 5.23. The molecule has 93 heavy (non-hydrogen) atoms. The van der Waals surface area contributed by atoms with Crippen molar-refractivity contribution in [2.45, 2.75) is 406 Å². The van der Waals surface area contributed by atoms with E-state index in [2.05, 4.69) is 34.6 Å². The molecule has 0 aromatic carbocycles. The number of phosphoric ester groups is 2. The van der Waals surface area contributed by atoms with E-state index in [-0.39, 0.29) is 25.7 Å². The summed E-state index contributed by atoms with van der Waals surface area (Å²) in [6.07, 6.45) is 55.3. The third kappa shape index (κ3) is 67.0. The summed E-state index contributed by atoms with van der Waals surface area (Å²) in [5.74, 6) is -1.27. The molecule has 0 aromatic rings. The summed E-state index contributed by atoms with van der Waals surface area (Å²) in [6, 6.07) is 0. The van der Waals surface area contributed by atoms with Crippen LogP contribution in [0.4, 0.5) is 0 Å². The molecular formula is C74H144O17P2. The van der Waals surface area contributed by atoms with Gasteiger partial charge in [0.25, 0.3) is 0 Å². The smallest absolute Gasteiger partial charge is 0.462 e. The van der Waals surface area contributed by atoms with Gasteiger partial charge in [-0.05, 0) is 31.6 Å². The fraction of sp³-hybridized carbons (Fsp3) is 0.946. The quantitative estimate of drug-likeness (QED) is 0.0222. The van der Waals surface area contributed by atoms with E-state index in [1.807, 2.05) is 0 Å². The first-order valence-electron chi connectivity index (χ1n) is 38.7. The van der Waals surface area contributed by atoms with Crippen molar-refractivity contribution in [2.75, 3.05) is 39.6 Å². The Bertz CT molecular complexity index is 1790. The standard InChI is InChI=1S/C74H144O17P2/c1-6-10-13-16-19-22-24-26-30-34-38-43-48-53-58-72(77)85-64-70(91-74(79)60-55-50-45-40-35-31-28-27-29-32-37-41-46-51-56-67(5)9-4)66-89-93(82,83)87-62-68(75)61-86-92(80,81)88-65-69(63-84-71(76)57-52-47-42-36-21-18-15-12-8-3)90-73(78)59-54-49-44-39-33-25-23-20-17-14-11-7-2/h67-70,75H,6-66H2,1-5H3,(H,80,81)(H,82,83)/t67?,68-,69+,70+/m0/s1. The minimum Gasteiger partial charge on any atom is -0.462 e. The molecule has 0 amide bonds. The number of aliphatic hydroxyl groups excluding tert-OH is 1. The Morgan fingerprint density at radius 1 is 0.301 bits per heavy atom. The van der Waals surface area contributed by atoms with Crippen molar-refractivity contribution in [2.24, 2.45) is 5.92 Å². The molecule has 0 aliphatic heterocycles. The van der Waals surface area contributed by atoms with Crippen LogP contribution >= 0.6 is 15.6 Å². The van der Waals surface area contributed by atoms with Crippen molar-refractivity contribution in [3.8, 4) is 0 Å². The van der Waals surface area contributed by atoms with Gasteiger partial charge in [-0.25, -0.2) is 9.13 Å².